The third kappa shape index (κ3) is 2.35. The summed E-state index contributed by atoms with van der Waals surface area (Å²) in [6, 6.07) is 8.24. The van der Waals surface area contributed by atoms with Crippen molar-refractivity contribution in [3.05, 3.63) is 42.1 Å². The number of hydrogen-bond acceptors (Lipinski definition) is 3. The molecule has 2 unspecified atom stereocenters. The first-order chi connectivity index (χ1) is 10.1. The fourth-order valence-electron chi connectivity index (χ4n) is 2.93. The summed E-state index contributed by atoms with van der Waals surface area (Å²) in [5.41, 5.74) is 1.33. The molecule has 1 N–H and O–H groups in total. The summed E-state index contributed by atoms with van der Waals surface area (Å²) in [6.07, 6.45) is 2.42. The second kappa shape index (κ2) is 5.16. The van der Waals surface area contributed by atoms with Crippen LogP contribution in [0, 0.1) is 5.92 Å². The fourth-order valence-corrected chi connectivity index (χ4v) is 2.93. The SMILES string of the molecule is CC1CCN(C(=O)c2ccc3ncccc3c2)C1C(=O)O. The van der Waals surface area contributed by atoms with E-state index in [1.165, 1.54) is 4.90 Å². The molecule has 3 rings (SSSR count). The third-order valence-electron chi connectivity index (χ3n) is 4.06. The summed E-state index contributed by atoms with van der Waals surface area (Å²) in [5, 5.41) is 10.2. The van der Waals surface area contributed by atoms with Crippen molar-refractivity contribution in [1.82, 2.24) is 9.88 Å². The van der Waals surface area contributed by atoms with Gasteiger partial charge in [0, 0.05) is 23.7 Å². The van der Waals surface area contributed by atoms with Gasteiger partial charge in [0.2, 0.25) is 0 Å². The first kappa shape index (κ1) is 13.5. The van der Waals surface area contributed by atoms with Gasteiger partial charge in [0.15, 0.2) is 0 Å². The van der Waals surface area contributed by atoms with Crippen molar-refractivity contribution in [2.75, 3.05) is 6.54 Å². The molecule has 1 amide bonds. The number of hydrogen-bond donors (Lipinski definition) is 1. The molecule has 2 heterocycles. The lowest BCUT2D eigenvalue weighted by atomic mass is 10.0. The molecule has 0 bridgehead atoms. The Hall–Kier alpha value is -2.43. The molecule has 1 aliphatic heterocycles. The molecule has 1 aromatic carbocycles. The number of carbonyl (C=O) groups excluding carboxylic acids is 1. The number of fused-ring (bicyclic) bond motifs is 1. The van der Waals surface area contributed by atoms with Crippen LogP contribution >= 0.6 is 0 Å². The minimum absolute atomic E-state index is 0.0198. The molecule has 1 saturated heterocycles. The van der Waals surface area contributed by atoms with E-state index in [2.05, 4.69) is 4.98 Å². The number of benzene rings is 1. The number of carbonyl (C=O) groups is 2. The third-order valence-corrected chi connectivity index (χ3v) is 4.06. The van der Waals surface area contributed by atoms with Crippen molar-refractivity contribution < 1.29 is 14.7 Å². The predicted octanol–water partition coefficient (Wildman–Crippen LogP) is 2.17. The zero-order valence-corrected chi connectivity index (χ0v) is 11.7. The fraction of sp³-hybridized carbons (Fsp3) is 0.312. The van der Waals surface area contributed by atoms with Crippen LogP contribution in [-0.4, -0.2) is 39.5 Å². The molecule has 1 fully saturated rings. The molecule has 0 aliphatic carbocycles. The number of carboxylic acid groups (broad SMARTS) is 1. The van der Waals surface area contributed by atoms with Crippen molar-refractivity contribution in [3.8, 4) is 0 Å². The molecule has 0 radical (unpaired) electrons. The van der Waals surface area contributed by atoms with Crippen LogP contribution in [0.5, 0.6) is 0 Å². The molecule has 1 aromatic heterocycles. The molecule has 21 heavy (non-hydrogen) atoms. The van der Waals surface area contributed by atoms with Gasteiger partial charge in [-0.15, -0.1) is 0 Å². The first-order valence-electron chi connectivity index (χ1n) is 6.96. The van der Waals surface area contributed by atoms with Crippen LogP contribution in [0.2, 0.25) is 0 Å². The minimum Gasteiger partial charge on any atom is -0.480 e. The Labute approximate surface area is 122 Å². The minimum atomic E-state index is -0.934. The maximum atomic E-state index is 12.6. The van der Waals surface area contributed by atoms with Gasteiger partial charge < -0.3 is 10.0 Å². The Kier molecular flexibility index (Phi) is 3.33. The molecule has 5 nitrogen and oxygen atoms in total. The van der Waals surface area contributed by atoms with E-state index < -0.39 is 12.0 Å². The highest BCUT2D eigenvalue weighted by molar-refractivity contribution is 5.99. The molecular weight excluding hydrogens is 268 g/mol. The van der Waals surface area contributed by atoms with Gasteiger partial charge in [-0.05, 0) is 36.6 Å². The summed E-state index contributed by atoms with van der Waals surface area (Å²) in [7, 11) is 0. The Morgan fingerprint density at radius 1 is 1.33 bits per heavy atom. The highest BCUT2D eigenvalue weighted by Crippen LogP contribution is 2.26. The lowest BCUT2D eigenvalue weighted by molar-refractivity contribution is -0.142. The van der Waals surface area contributed by atoms with E-state index >= 15 is 0 Å². The number of amides is 1. The molecule has 0 saturated carbocycles. The number of likely N-dealkylation sites (tertiary alicyclic amines) is 1. The van der Waals surface area contributed by atoms with Crippen LogP contribution in [-0.2, 0) is 4.79 Å². The summed E-state index contributed by atoms with van der Waals surface area (Å²) in [4.78, 5) is 29.6. The lowest BCUT2D eigenvalue weighted by Crippen LogP contribution is -2.42. The van der Waals surface area contributed by atoms with E-state index in [-0.39, 0.29) is 11.8 Å². The Bertz CT molecular complexity index is 713. The number of aromatic nitrogens is 1. The molecule has 108 valence electrons. The first-order valence-corrected chi connectivity index (χ1v) is 6.96. The summed E-state index contributed by atoms with van der Waals surface area (Å²) in [5.74, 6) is -1.18. The Morgan fingerprint density at radius 2 is 2.14 bits per heavy atom. The zero-order valence-electron chi connectivity index (χ0n) is 11.7. The van der Waals surface area contributed by atoms with Crippen LogP contribution in [0.15, 0.2) is 36.5 Å². The maximum absolute atomic E-state index is 12.6. The van der Waals surface area contributed by atoms with Crippen LogP contribution in [0.1, 0.15) is 23.7 Å². The summed E-state index contributed by atoms with van der Waals surface area (Å²) < 4.78 is 0. The van der Waals surface area contributed by atoms with Crippen LogP contribution < -0.4 is 0 Å². The average molecular weight is 284 g/mol. The number of rotatable bonds is 2. The summed E-state index contributed by atoms with van der Waals surface area (Å²) in [6.45, 7) is 2.36. The van der Waals surface area contributed by atoms with Crippen molar-refractivity contribution in [2.24, 2.45) is 5.92 Å². The molecule has 2 atom stereocenters. The van der Waals surface area contributed by atoms with Gasteiger partial charge in [0.25, 0.3) is 5.91 Å². The number of pyridine rings is 1. The monoisotopic (exact) mass is 284 g/mol. The van der Waals surface area contributed by atoms with Gasteiger partial charge >= 0.3 is 5.97 Å². The van der Waals surface area contributed by atoms with Crippen LogP contribution in [0.25, 0.3) is 10.9 Å². The largest absolute Gasteiger partial charge is 0.480 e. The highest BCUT2D eigenvalue weighted by Gasteiger charge is 2.39. The number of aliphatic carboxylic acids is 1. The van der Waals surface area contributed by atoms with Crippen LogP contribution in [0.4, 0.5) is 0 Å². The molecule has 5 heteroatoms. The summed E-state index contributed by atoms with van der Waals surface area (Å²) >= 11 is 0. The van der Waals surface area contributed by atoms with E-state index in [9.17, 15) is 14.7 Å². The number of nitrogens with zero attached hydrogens (tertiary/aromatic N) is 2. The predicted molar refractivity (Wildman–Crippen MR) is 78.0 cm³/mol. The maximum Gasteiger partial charge on any atom is 0.326 e. The van der Waals surface area contributed by atoms with E-state index in [4.69, 9.17) is 0 Å². The van der Waals surface area contributed by atoms with Crippen molar-refractivity contribution >= 4 is 22.8 Å². The Morgan fingerprint density at radius 3 is 2.90 bits per heavy atom. The van der Waals surface area contributed by atoms with Crippen molar-refractivity contribution in [2.45, 2.75) is 19.4 Å². The second-order valence-electron chi connectivity index (χ2n) is 5.46. The molecular formula is C16H16N2O3. The lowest BCUT2D eigenvalue weighted by Gasteiger charge is -2.23. The van der Waals surface area contributed by atoms with Gasteiger partial charge in [0.05, 0.1) is 5.52 Å². The number of carboxylic acids is 1. The van der Waals surface area contributed by atoms with E-state index in [1.807, 2.05) is 19.1 Å². The molecule has 1 aliphatic rings. The normalized spacial score (nSPS) is 21.7. The van der Waals surface area contributed by atoms with Crippen LogP contribution in [0.3, 0.4) is 0 Å². The standard InChI is InChI=1S/C16H16N2O3/c1-10-6-8-18(14(10)16(20)21)15(19)12-4-5-13-11(9-12)3-2-7-17-13/h2-5,7,9-10,14H,6,8H2,1H3,(H,20,21). The molecule has 0 spiro atoms. The quantitative estimate of drug-likeness (QED) is 0.917. The van der Waals surface area contributed by atoms with E-state index in [0.29, 0.717) is 12.1 Å². The van der Waals surface area contributed by atoms with E-state index in [1.54, 1.807) is 24.4 Å². The Balaban J connectivity index is 1.94. The van der Waals surface area contributed by atoms with Gasteiger partial charge in [-0.1, -0.05) is 13.0 Å². The molecule has 2 aromatic rings. The van der Waals surface area contributed by atoms with Crippen molar-refractivity contribution in [3.63, 3.8) is 0 Å². The average Bonchev–Trinajstić information content (AvgIpc) is 2.88. The topological polar surface area (TPSA) is 70.5 Å². The van der Waals surface area contributed by atoms with Crippen molar-refractivity contribution in [1.29, 1.82) is 0 Å². The van der Waals surface area contributed by atoms with E-state index in [0.717, 1.165) is 17.3 Å². The van der Waals surface area contributed by atoms with Gasteiger partial charge in [0.1, 0.15) is 6.04 Å². The van der Waals surface area contributed by atoms with Gasteiger partial charge in [-0.3, -0.25) is 9.78 Å². The smallest absolute Gasteiger partial charge is 0.326 e. The van der Waals surface area contributed by atoms with Gasteiger partial charge in [-0.25, -0.2) is 4.79 Å². The highest BCUT2D eigenvalue weighted by atomic mass is 16.4. The second-order valence-corrected chi connectivity index (χ2v) is 5.46. The van der Waals surface area contributed by atoms with Gasteiger partial charge in [-0.2, -0.15) is 0 Å². The zero-order chi connectivity index (χ0) is 15.0.